The zero-order valence-corrected chi connectivity index (χ0v) is 39.3. The van der Waals surface area contributed by atoms with E-state index in [1.165, 1.54) is 30.3 Å². The van der Waals surface area contributed by atoms with E-state index in [0.717, 1.165) is 79.3 Å². The van der Waals surface area contributed by atoms with Crippen molar-refractivity contribution in [1.82, 2.24) is 9.13 Å². The van der Waals surface area contributed by atoms with Crippen molar-refractivity contribution in [2.75, 3.05) is 5.32 Å². The van der Waals surface area contributed by atoms with Crippen LogP contribution < -0.4 is 27.1 Å². The summed E-state index contributed by atoms with van der Waals surface area (Å²) in [5.74, 6) is 0.0488. The number of aryl methyl sites for hydroxylation is 1. The molecule has 60 heavy (non-hydrogen) atoms. The fourth-order valence-electron chi connectivity index (χ4n) is 8.74. The molecule has 0 saturated carbocycles. The van der Waals surface area contributed by atoms with Gasteiger partial charge in [0.05, 0.1) is 37.4 Å². The van der Waals surface area contributed by atoms with Crippen molar-refractivity contribution in [1.29, 1.82) is 0 Å². The van der Waals surface area contributed by atoms with Crippen LogP contribution in [0.2, 0.25) is 0 Å². The smallest absolute Gasteiger partial charge is 0.262 e. The number of nitrogens with one attached hydrogen (secondary N) is 1. The first-order valence-corrected chi connectivity index (χ1v) is 23.2. The van der Waals surface area contributed by atoms with Crippen LogP contribution in [0.1, 0.15) is 149 Å². The Morgan fingerprint density at radius 1 is 0.667 bits per heavy atom. The molecule has 0 saturated heterocycles. The first-order chi connectivity index (χ1) is 28.5. The van der Waals surface area contributed by atoms with Gasteiger partial charge in [0, 0.05) is 40.3 Å². The summed E-state index contributed by atoms with van der Waals surface area (Å²) >= 11 is 3.95. The number of hydrogen-bond acceptors (Lipinski definition) is 5. The maximum Gasteiger partial charge on any atom is 0.262 e. The number of aromatic hydroxyl groups is 1. The average molecular weight is 876 g/mol. The Balaban J connectivity index is 1.76. The van der Waals surface area contributed by atoms with Gasteiger partial charge in [-0.05, 0) is 87.5 Å². The number of unbranched alkanes of at least 4 members (excludes halogenated alkanes) is 10. The number of nitrogens with zero attached hydrogens (tertiary/aromatic N) is 3. The quantitative estimate of drug-likeness (QED) is 0.0706. The first kappa shape index (κ1) is 45.1. The zero-order valence-electron chi connectivity index (χ0n) is 37.7. The van der Waals surface area contributed by atoms with E-state index in [9.17, 15) is 14.7 Å². The highest BCUT2D eigenvalue weighted by molar-refractivity contribution is 9.10. The number of benzene rings is 4. The molecule has 7 nitrogen and oxygen atoms in total. The fourth-order valence-corrected chi connectivity index (χ4v) is 9.41. The van der Waals surface area contributed by atoms with Crippen LogP contribution >= 0.6 is 15.9 Å². The monoisotopic (exact) mass is 874 g/mol. The zero-order chi connectivity index (χ0) is 43.5. The standard InChI is InChI=1S/C52H67BrN4O3/c1-11-13-15-17-19-21-29-56-34(4)40-42-41-39(33(3)46(40)54-37-27-23-25-35(31-37)51(5,6)7)48(58)57(30-22-20-18-16-14-12-2)49(59)43(41)45(53)47(44(42)50(56)60)55-38-28-24-26-36(32-38)52(8,9)10/h23-28,31-32,55,60H,4,11-22,29-30H2,1-3,5-10H3. The molecule has 0 fully saturated rings. The first-order valence-electron chi connectivity index (χ1n) is 22.5. The van der Waals surface area contributed by atoms with Gasteiger partial charge in [-0.25, -0.2) is 4.99 Å². The van der Waals surface area contributed by atoms with Gasteiger partial charge in [0.2, 0.25) is 5.88 Å². The third-order valence-corrected chi connectivity index (χ3v) is 13.1. The van der Waals surface area contributed by atoms with Gasteiger partial charge < -0.3 is 15.0 Å². The molecule has 0 aliphatic carbocycles. The number of rotatable bonds is 17. The Morgan fingerprint density at radius 3 is 1.78 bits per heavy atom. The summed E-state index contributed by atoms with van der Waals surface area (Å²) in [7, 11) is 0. The molecular weight excluding hydrogens is 809 g/mol. The molecule has 0 amide bonds. The Bertz CT molecular complexity index is 2730. The molecule has 320 valence electrons. The van der Waals surface area contributed by atoms with Crippen molar-refractivity contribution >= 4 is 71.9 Å². The van der Waals surface area contributed by atoms with E-state index in [1.54, 1.807) is 0 Å². The lowest BCUT2D eigenvalue weighted by atomic mass is 9.87. The Labute approximate surface area is 365 Å². The van der Waals surface area contributed by atoms with Crippen LogP contribution in [0.15, 0.2) is 67.6 Å². The second-order valence-electron chi connectivity index (χ2n) is 19.0. The van der Waals surface area contributed by atoms with Gasteiger partial charge in [-0.2, -0.15) is 0 Å². The molecule has 0 radical (unpaired) electrons. The van der Waals surface area contributed by atoms with Crippen LogP contribution in [0.25, 0.3) is 38.9 Å². The van der Waals surface area contributed by atoms with Gasteiger partial charge in [0.25, 0.3) is 11.1 Å². The Morgan fingerprint density at radius 2 is 1.18 bits per heavy atom. The van der Waals surface area contributed by atoms with Crippen LogP contribution in [0.4, 0.5) is 17.1 Å². The number of pyridine rings is 2. The molecule has 2 N–H and O–H groups in total. The summed E-state index contributed by atoms with van der Waals surface area (Å²) < 4.78 is 3.88. The van der Waals surface area contributed by atoms with Crippen molar-refractivity contribution in [2.45, 2.75) is 163 Å². The van der Waals surface area contributed by atoms with Crippen molar-refractivity contribution in [3.05, 3.63) is 101 Å². The number of hydrogen-bond donors (Lipinski definition) is 2. The third-order valence-electron chi connectivity index (χ3n) is 12.3. The molecule has 2 aromatic heterocycles. The van der Waals surface area contributed by atoms with Gasteiger partial charge in [-0.1, -0.05) is 150 Å². The summed E-state index contributed by atoms with van der Waals surface area (Å²) in [4.78, 5) is 35.3. The lowest BCUT2D eigenvalue weighted by Gasteiger charge is -2.25. The lowest BCUT2D eigenvalue weighted by Crippen LogP contribution is -2.36. The van der Waals surface area contributed by atoms with Crippen molar-refractivity contribution in [3.63, 3.8) is 0 Å². The summed E-state index contributed by atoms with van der Waals surface area (Å²) in [5, 5.41) is 20.9. The third kappa shape index (κ3) is 9.10. The highest BCUT2D eigenvalue weighted by Gasteiger charge is 2.29. The summed E-state index contributed by atoms with van der Waals surface area (Å²) in [6.45, 7) is 25.1. The summed E-state index contributed by atoms with van der Waals surface area (Å²) in [5.41, 5.74) is 4.29. The van der Waals surface area contributed by atoms with Gasteiger partial charge in [0.15, 0.2) is 0 Å². The predicted octanol–water partition coefficient (Wildman–Crippen LogP) is 13.1. The average Bonchev–Trinajstić information content (AvgIpc) is 3.19. The number of anilines is 2. The van der Waals surface area contributed by atoms with E-state index >= 15 is 0 Å². The maximum atomic E-state index is 14.9. The molecule has 0 atom stereocenters. The molecular formula is C52H67BrN4O3. The summed E-state index contributed by atoms with van der Waals surface area (Å²) in [6.07, 6.45) is 12.8. The van der Waals surface area contributed by atoms with E-state index in [-0.39, 0.29) is 27.8 Å². The molecule has 8 heteroatoms. The van der Waals surface area contributed by atoms with Crippen molar-refractivity contribution in [3.8, 4) is 5.88 Å². The molecule has 2 heterocycles. The van der Waals surface area contributed by atoms with E-state index in [4.69, 9.17) is 4.99 Å². The van der Waals surface area contributed by atoms with E-state index in [2.05, 4.69) is 107 Å². The topological polar surface area (TPSA) is 88.6 Å². The highest BCUT2D eigenvalue weighted by Crippen LogP contribution is 2.46. The molecule has 0 bridgehead atoms. The minimum absolute atomic E-state index is 0.0488. The van der Waals surface area contributed by atoms with E-state index in [0.29, 0.717) is 66.5 Å². The van der Waals surface area contributed by atoms with Gasteiger partial charge in [0.1, 0.15) is 0 Å². The van der Waals surface area contributed by atoms with Crippen molar-refractivity contribution < 1.29 is 5.11 Å². The Hall–Kier alpha value is -4.43. The van der Waals surface area contributed by atoms with E-state index < -0.39 is 0 Å². The van der Waals surface area contributed by atoms with Crippen LogP contribution in [0, 0.1) is 6.92 Å². The minimum Gasteiger partial charge on any atom is -0.494 e. The molecule has 6 rings (SSSR count). The molecule has 0 aliphatic heterocycles. The predicted molar refractivity (Wildman–Crippen MR) is 259 cm³/mol. The minimum atomic E-state index is -0.335. The summed E-state index contributed by atoms with van der Waals surface area (Å²) in [6, 6.07) is 16.6. The Kier molecular flexibility index (Phi) is 14.0. The van der Waals surface area contributed by atoms with Gasteiger partial charge in [-0.3, -0.25) is 14.2 Å². The molecule has 0 spiro atoms. The van der Waals surface area contributed by atoms with Gasteiger partial charge >= 0.3 is 0 Å². The van der Waals surface area contributed by atoms with E-state index in [1.807, 2.05) is 35.8 Å². The molecule has 0 aliphatic rings. The second-order valence-corrected chi connectivity index (χ2v) is 19.8. The molecule has 4 aromatic carbocycles. The SMILES string of the molecule is C=c1c2c(=Nc3cccc(C(C)(C)C)c3)c(C)c3c(=O)n(CCCCCCCC)c(=O)c4c(Br)c(Nc5cccc(C(C)(C)C)c5)c(c(O)n1CCCCCCCC)c2c43. The van der Waals surface area contributed by atoms with Crippen LogP contribution in [0.3, 0.4) is 0 Å². The maximum absolute atomic E-state index is 14.9. The lowest BCUT2D eigenvalue weighted by molar-refractivity contribution is 0.407. The number of aromatic nitrogens is 2. The normalized spacial score (nSPS) is 12.8. The van der Waals surface area contributed by atoms with Crippen LogP contribution in [-0.2, 0) is 23.9 Å². The van der Waals surface area contributed by atoms with Crippen molar-refractivity contribution in [2.24, 2.45) is 4.99 Å². The largest absolute Gasteiger partial charge is 0.494 e. The highest BCUT2D eigenvalue weighted by atomic mass is 79.9. The fraction of sp³-hybridized carbons (Fsp3) is 0.481. The second kappa shape index (κ2) is 18.7. The van der Waals surface area contributed by atoms with Gasteiger partial charge in [-0.15, -0.1) is 0 Å². The molecule has 6 aromatic rings. The molecule has 0 unspecified atom stereocenters. The van der Waals surface area contributed by atoms with Crippen LogP contribution in [-0.4, -0.2) is 14.2 Å². The number of halogens is 1. The van der Waals surface area contributed by atoms with Crippen LogP contribution in [0.5, 0.6) is 5.88 Å².